The van der Waals surface area contributed by atoms with Gasteiger partial charge in [0.05, 0.1) is 13.2 Å². The van der Waals surface area contributed by atoms with Gasteiger partial charge in [0.2, 0.25) is 0 Å². The minimum Gasteiger partial charge on any atom is -0.493 e. The maximum atomic E-state index is 11.8. The lowest BCUT2D eigenvalue weighted by atomic mass is 10.1. The summed E-state index contributed by atoms with van der Waals surface area (Å²) in [5, 5.41) is 11.9. The van der Waals surface area contributed by atoms with E-state index in [-0.39, 0.29) is 19.8 Å². The third kappa shape index (κ3) is 4.52. The second kappa shape index (κ2) is 6.66. The predicted octanol–water partition coefficient (Wildman–Crippen LogP) is 2.61. The van der Waals surface area contributed by atoms with Crippen molar-refractivity contribution in [3.8, 4) is 11.5 Å². The van der Waals surface area contributed by atoms with Crippen LogP contribution in [0.15, 0.2) is 23.4 Å². The number of ether oxygens (including phenoxy) is 3. The number of halogens is 3. The number of fused-ring (bicyclic) bond motifs is 1. The van der Waals surface area contributed by atoms with Gasteiger partial charge in [-0.1, -0.05) is 5.16 Å². The molecule has 21 heavy (non-hydrogen) atoms. The Morgan fingerprint density at radius 2 is 2.10 bits per heavy atom. The standard InChI is InChI=1S/C13H14F3NO4/c14-13(15,16)8-19-4-1-5-20-9-2-3-10-11(17-18)7-21-12(10)6-9/h2-3,6,18H,1,4-5,7-8H2. The molecule has 1 aromatic carbocycles. The van der Waals surface area contributed by atoms with Gasteiger partial charge in [-0.15, -0.1) is 0 Å². The molecule has 0 radical (unpaired) electrons. The molecule has 0 saturated carbocycles. The second-order valence-electron chi connectivity index (χ2n) is 4.36. The average molecular weight is 305 g/mol. The van der Waals surface area contributed by atoms with E-state index in [1.54, 1.807) is 18.2 Å². The minimum atomic E-state index is -4.30. The van der Waals surface area contributed by atoms with E-state index in [1.807, 2.05) is 0 Å². The summed E-state index contributed by atoms with van der Waals surface area (Å²) in [5.74, 6) is 1.08. The van der Waals surface area contributed by atoms with Gasteiger partial charge in [-0.3, -0.25) is 0 Å². The van der Waals surface area contributed by atoms with Crippen molar-refractivity contribution in [2.75, 3.05) is 26.4 Å². The summed E-state index contributed by atoms with van der Waals surface area (Å²) < 4.78 is 50.6. The van der Waals surface area contributed by atoms with Crippen molar-refractivity contribution in [2.45, 2.75) is 12.6 Å². The first-order valence-electron chi connectivity index (χ1n) is 6.25. The number of rotatable bonds is 6. The Morgan fingerprint density at radius 3 is 2.81 bits per heavy atom. The number of nitrogens with zero attached hydrogens (tertiary/aromatic N) is 1. The van der Waals surface area contributed by atoms with Crippen LogP contribution in [0.5, 0.6) is 11.5 Å². The van der Waals surface area contributed by atoms with E-state index in [9.17, 15) is 13.2 Å². The molecule has 1 aliphatic rings. The Kier molecular flexibility index (Phi) is 4.89. The van der Waals surface area contributed by atoms with E-state index in [0.29, 0.717) is 29.2 Å². The summed E-state index contributed by atoms with van der Waals surface area (Å²) in [6.45, 7) is -0.844. The van der Waals surface area contributed by atoms with Crippen LogP contribution < -0.4 is 9.47 Å². The summed E-state index contributed by atoms with van der Waals surface area (Å²) in [6.07, 6.45) is -3.96. The average Bonchev–Trinajstić information content (AvgIpc) is 2.83. The first kappa shape index (κ1) is 15.4. The molecule has 1 N–H and O–H groups in total. The van der Waals surface area contributed by atoms with E-state index in [0.717, 1.165) is 0 Å². The van der Waals surface area contributed by atoms with Gasteiger partial charge in [-0.25, -0.2) is 0 Å². The lowest BCUT2D eigenvalue weighted by molar-refractivity contribution is -0.174. The quantitative estimate of drug-likeness (QED) is 0.498. The Balaban J connectivity index is 1.73. The summed E-state index contributed by atoms with van der Waals surface area (Å²) in [5.41, 5.74) is 1.13. The Morgan fingerprint density at radius 1 is 1.29 bits per heavy atom. The zero-order valence-electron chi connectivity index (χ0n) is 11.0. The van der Waals surface area contributed by atoms with Crippen LogP contribution in [0.2, 0.25) is 0 Å². The molecule has 1 aliphatic heterocycles. The Labute approximate surface area is 118 Å². The molecule has 5 nitrogen and oxygen atoms in total. The molecule has 0 aliphatic carbocycles. The number of hydrogen-bond donors (Lipinski definition) is 1. The highest BCUT2D eigenvalue weighted by Gasteiger charge is 2.27. The molecule has 0 aromatic heterocycles. The molecule has 0 amide bonds. The molecule has 2 rings (SSSR count). The van der Waals surface area contributed by atoms with Crippen LogP contribution in [-0.4, -0.2) is 43.5 Å². The van der Waals surface area contributed by atoms with E-state index >= 15 is 0 Å². The van der Waals surface area contributed by atoms with E-state index in [4.69, 9.17) is 14.7 Å². The topological polar surface area (TPSA) is 60.3 Å². The number of alkyl halides is 3. The highest BCUT2D eigenvalue weighted by Crippen LogP contribution is 2.29. The zero-order valence-corrected chi connectivity index (χ0v) is 11.0. The van der Waals surface area contributed by atoms with Gasteiger partial charge < -0.3 is 19.4 Å². The van der Waals surface area contributed by atoms with Gasteiger partial charge in [0.15, 0.2) is 0 Å². The summed E-state index contributed by atoms with van der Waals surface area (Å²) in [6, 6.07) is 5.02. The molecular formula is C13H14F3NO4. The van der Waals surface area contributed by atoms with Crippen LogP contribution in [0.3, 0.4) is 0 Å². The van der Waals surface area contributed by atoms with Crippen LogP contribution in [0.25, 0.3) is 0 Å². The molecule has 0 bridgehead atoms. The van der Waals surface area contributed by atoms with E-state index in [2.05, 4.69) is 9.89 Å². The fourth-order valence-electron chi connectivity index (χ4n) is 1.80. The lowest BCUT2D eigenvalue weighted by Gasteiger charge is -2.09. The van der Waals surface area contributed by atoms with Crippen molar-refractivity contribution in [3.05, 3.63) is 23.8 Å². The first-order valence-corrected chi connectivity index (χ1v) is 6.25. The fraction of sp³-hybridized carbons (Fsp3) is 0.462. The minimum absolute atomic E-state index is 0.0255. The van der Waals surface area contributed by atoms with Crippen molar-refractivity contribution < 1.29 is 32.6 Å². The molecule has 1 aromatic rings. The molecule has 1 heterocycles. The van der Waals surface area contributed by atoms with Crippen molar-refractivity contribution >= 4 is 5.71 Å². The Bertz CT molecular complexity index is 517. The maximum absolute atomic E-state index is 11.8. The zero-order chi connectivity index (χ0) is 15.3. The van der Waals surface area contributed by atoms with Crippen LogP contribution in [0, 0.1) is 0 Å². The third-order valence-corrected chi connectivity index (χ3v) is 2.72. The summed E-state index contributed by atoms with van der Waals surface area (Å²) in [4.78, 5) is 0. The van der Waals surface area contributed by atoms with E-state index < -0.39 is 12.8 Å². The predicted molar refractivity (Wildman–Crippen MR) is 67.2 cm³/mol. The molecule has 0 fully saturated rings. The third-order valence-electron chi connectivity index (χ3n) is 2.72. The SMILES string of the molecule is ON=C1COc2cc(OCCCOCC(F)(F)F)ccc21. The van der Waals surface area contributed by atoms with Gasteiger partial charge in [0.1, 0.15) is 30.4 Å². The van der Waals surface area contributed by atoms with Crippen molar-refractivity contribution in [2.24, 2.45) is 5.16 Å². The first-order chi connectivity index (χ1) is 9.99. The van der Waals surface area contributed by atoms with Crippen LogP contribution >= 0.6 is 0 Å². The number of oxime groups is 1. The van der Waals surface area contributed by atoms with Gasteiger partial charge in [0, 0.05) is 18.1 Å². The molecule has 0 saturated heterocycles. The molecule has 8 heteroatoms. The summed E-state index contributed by atoms with van der Waals surface area (Å²) in [7, 11) is 0. The molecule has 0 spiro atoms. The highest BCUT2D eigenvalue weighted by molar-refractivity contribution is 6.05. The van der Waals surface area contributed by atoms with Crippen LogP contribution in [0.1, 0.15) is 12.0 Å². The van der Waals surface area contributed by atoms with Gasteiger partial charge >= 0.3 is 6.18 Å². The van der Waals surface area contributed by atoms with Crippen LogP contribution in [-0.2, 0) is 4.74 Å². The molecule has 0 atom stereocenters. The van der Waals surface area contributed by atoms with E-state index in [1.165, 1.54) is 0 Å². The fourth-order valence-corrected chi connectivity index (χ4v) is 1.80. The van der Waals surface area contributed by atoms with Crippen molar-refractivity contribution in [3.63, 3.8) is 0 Å². The van der Waals surface area contributed by atoms with Gasteiger partial charge in [-0.2, -0.15) is 13.2 Å². The monoisotopic (exact) mass is 305 g/mol. The number of hydrogen-bond acceptors (Lipinski definition) is 5. The van der Waals surface area contributed by atoms with Crippen LogP contribution in [0.4, 0.5) is 13.2 Å². The maximum Gasteiger partial charge on any atom is 0.411 e. The number of benzene rings is 1. The molecule has 116 valence electrons. The van der Waals surface area contributed by atoms with Crippen molar-refractivity contribution in [1.29, 1.82) is 0 Å². The summed E-state index contributed by atoms with van der Waals surface area (Å²) >= 11 is 0. The Hall–Kier alpha value is -1.96. The van der Waals surface area contributed by atoms with Gasteiger partial charge in [0.25, 0.3) is 0 Å². The second-order valence-corrected chi connectivity index (χ2v) is 4.36. The lowest BCUT2D eigenvalue weighted by Crippen LogP contribution is -2.18. The van der Waals surface area contributed by atoms with Gasteiger partial charge in [-0.05, 0) is 12.1 Å². The largest absolute Gasteiger partial charge is 0.493 e. The smallest absolute Gasteiger partial charge is 0.411 e. The highest BCUT2D eigenvalue weighted by atomic mass is 19.4. The molecular weight excluding hydrogens is 291 g/mol. The normalized spacial score (nSPS) is 15.9. The molecule has 0 unspecified atom stereocenters. The van der Waals surface area contributed by atoms with Crippen molar-refractivity contribution in [1.82, 2.24) is 0 Å².